The Bertz CT molecular complexity index is 1230. The second-order valence-corrected chi connectivity index (χ2v) is 6.69. The van der Waals surface area contributed by atoms with Gasteiger partial charge in [-0.2, -0.15) is 10.1 Å². The highest BCUT2D eigenvalue weighted by atomic mass is 19.1. The van der Waals surface area contributed by atoms with Crippen LogP contribution in [0.5, 0.6) is 0 Å². The van der Waals surface area contributed by atoms with Crippen molar-refractivity contribution >= 4 is 0 Å². The number of benzene rings is 3. The van der Waals surface area contributed by atoms with E-state index < -0.39 is 23.4 Å². The molecule has 7 heteroatoms. The maximum absolute atomic E-state index is 14.0. The van der Waals surface area contributed by atoms with Gasteiger partial charge in [0, 0.05) is 22.8 Å². The monoisotopic (exact) mass is 405 g/mol. The predicted octanol–water partition coefficient (Wildman–Crippen LogP) is 3.98. The third kappa shape index (κ3) is 4.01. The second-order valence-electron chi connectivity index (χ2n) is 6.69. The number of hydrogen-bond acceptors (Lipinski definition) is 4. The molecule has 1 aromatic heterocycles. The molecule has 3 aromatic carbocycles. The molecular weight excluding hydrogens is 388 g/mol. The van der Waals surface area contributed by atoms with E-state index in [0.29, 0.717) is 17.5 Å². The SMILES string of the molecule is O=c1nc(-c2ccccc2)c(-c2ccccc2)nn1C[C@@H](O)c1ccc(F)cc1F. The molecule has 150 valence electrons. The molecule has 0 aliphatic carbocycles. The van der Waals surface area contributed by atoms with E-state index in [-0.39, 0.29) is 12.1 Å². The van der Waals surface area contributed by atoms with Crippen molar-refractivity contribution in [1.29, 1.82) is 0 Å². The number of halogens is 2. The Labute approximate surface area is 170 Å². The van der Waals surface area contributed by atoms with Gasteiger partial charge in [0.1, 0.15) is 29.1 Å². The summed E-state index contributed by atoms with van der Waals surface area (Å²) in [6.07, 6.45) is -1.40. The standard InChI is InChI=1S/C23H17F2N3O2/c24-17-11-12-18(19(25)13-17)20(29)14-28-23(30)26-21(15-7-3-1-4-8-15)22(27-28)16-9-5-2-6-10-16/h1-13,20,29H,14H2/t20-/m1/s1. The number of rotatable bonds is 5. The van der Waals surface area contributed by atoms with Crippen LogP contribution in [0.1, 0.15) is 11.7 Å². The van der Waals surface area contributed by atoms with Crippen molar-refractivity contribution in [2.75, 3.05) is 0 Å². The smallest absolute Gasteiger partial charge is 0.364 e. The normalized spacial score (nSPS) is 12.0. The molecule has 1 heterocycles. The quantitative estimate of drug-likeness (QED) is 0.545. The highest BCUT2D eigenvalue weighted by molar-refractivity contribution is 5.77. The van der Waals surface area contributed by atoms with Gasteiger partial charge >= 0.3 is 5.69 Å². The molecule has 1 N–H and O–H groups in total. The first-order valence-electron chi connectivity index (χ1n) is 9.26. The van der Waals surface area contributed by atoms with Gasteiger partial charge < -0.3 is 5.11 Å². The number of nitrogens with zero attached hydrogens (tertiary/aromatic N) is 3. The maximum Gasteiger partial charge on any atom is 0.364 e. The van der Waals surface area contributed by atoms with Crippen LogP contribution in [0.15, 0.2) is 83.7 Å². The Morgan fingerprint density at radius 3 is 2.07 bits per heavy atom. The lowest BCUT2D eigenvalue weighted by atomic mass is 10.0. The third-order valence-electron chi connectivity index (χ3n) is 4.64. The summed E-state index contributed by atoms with van der Waals surface area (Å²) in [6.45, 7) is -0.330. The van der Waals surface area contributed by atoms with Crippen molar-refractivity contribution in [3.05, 3.63) is 107 Å². The molecule has 30 heavy (non-hydrogen) atoms. The fourth-order valence-corrected chi connectivity index (χ4v) is 3.16. The lowest BCUT2D eigenvalue weighted by Crippen LogP contribution is -2.29. The van der Waals surface area contributed by atoms with Crippen LogP contribution < -0.4 is 5.69 Å². The van der Waals surface area contributed by atoms with Crippen LogP contribution in [0.2, 0.25) is 0 Å². The first-order valence-corrected chi connectivity index (χ1v) is 9.26. The molecule has 0 fully saturated rings. The Hall–Kier alpha value is -3.71. The molecule has 0 bridgehead atoms. The van der Waals surface area contributed by atoms with Crippen LogP contribution in [-0.2, 0) is 6.54 Å². The van der Waals surface area contributed by atoms with Gasteiger partial charge in [0.05, 0.1) is 6.54 Å². The van der Waals surface area contributed by atoms with Crippen LogP contribution in [0, 0.1) is 11.6 Å². The summed E-state index contributed by atoms with van der Waals surface area (Å²) in [5.74, 6) is -1.65. The van der Waals surface area contributed by atoms with Crippen LogP contribution in [0.3, 0.4) is 0 Å². The largest absolute Gasteiger partial charge is 0.386 e. The van der Waals surface area contributed by atoms with Gasteiger partial charge in [0.15, 0.2) is 0 Å². The minimum atomic E-state index is -1.40. The second kappa shape index (κ2) is 8.34. The van der Waals surface area contributed by atoms with E-state index in [2.05, 4.69) is 10.1 Å². The van der Waals surface area contributed by atoms with E-state index in [9.17, 15) is 18.7 Å². The molecule has 0 amide bonds. The molecule has 0 saturated heterocycles. The Morgan fingerprint density at radius 1 is 0.867 bits per heavy atom. The van der Waals surface area contributed by atoms with Crippen LogP contribution in [0.4, 0.5) is 8.78 Å². The van der Waals surface area contributed by atoms with Crippen molar-refractivity contribution < 1.29 is 13.9 Å². The van der Waals surface area contributed by atoms with Crippen molar-refractivity contribution in [2.24, 2.45) is 0 Å². The fourth-order valence-electron chi connectivity index (χ4n) is 3.16. The molecule has 5 nitrogen and oxygen atoms in total. The summed E-state index contributed by atoms with van der Waals surface area (Å²) < 4.78 is 28.1. The zero-order valence-corrected chi connectivity index (χ0v) is 15.7. The Morgan fingerprint density at radius 2 is 1.47 bits per heavy atom. The molecule has 1 atom stereocenters. The molecule has 0 aliphatic rings. The van der Waals surface area contributed by atoms with Gasteiger partial charge in [-0.25, -0.2) is 18.3 Å². The highest BCUT2D eigenvalue weighted by Gasteiger charge is 2.19. The van der Waals surface area contributed by atoms with Gasteiger partial charge in [0.25, 0.3) is 0 Å². The van der Waals surface area contributed by atoms with Gasteiger partial charge in [-0.15, -0.1) is 0 Å². The fraction of sp³-hybridized carbons (Fsp3) is 0.0870. The Kier molecular flexibility index (Phi) is 5.45. The number of aliphatic hydroxyl groups is 1. The summed E-state index contributed by atoms with van der Waals surface area (Å²) in [5, 5.41) is 14.8. The molecule has 0 spiro atoms. The minimum absolute atomic E-state index is 0.126. The third-order valence-corrected chi connectivity index (χ3v) is 4.64. The molecule has 4 aromatic rings. The van der Waals surface area contributed by atoms with Gasteiger partial charge in [0.2, 0.25) is 0 Å². The Balaban J connectivity index is 1.79. The predicted molar refractivity (Wildman–Crippen MR) is 108 cm³/mol. The van der Waals surface area contributed by atoms with E-state index in [1.165, 1.54) is 0 Å². The van der Waals surface area contributed by atoms with Crippen LogP contribution in [-0.4, -0.2) is 19.9 Å². The van der Waals surface area contributed by atoms with Crippen molar-refractivity contribution in [1.82, 2.24) is 14.8 Å². The van der Waals surface area contributed by atoms with Gasteiger partial charge in [-0.05, 0) is 6.07 Å². The summed E-state index contributed by atoms with van der Waals surface area (Å²) >= 11 is 0. The summed E-state index contributed by atoms with van der Waals surface area (Å²) in [5.41, 5.74) is 1.51. The molecule has 0 aliphatic heterocycles. The first-order chi connectivity index (χ1) is 14.5. The minimum Gasteiger partial charge on any atom is -0.386 e. The molecule has 0 unspecified atom stereocenters. The van der Waals surface area contributed by atoms with E-state index >= 15 is 0 Å². The van der Waals surface area contributed by atoms with Gasteiger partial charge in [-0.1, -0.05) is 66.7 Å². The number of aliphatic hydroxyl groups excluding tert-OH is 1. The van der Waals surface area contributed by atoms with Crippen molar-refractivity contribution in [3.63, 3.8) is 0 Å². The first kappa shape index (κ1) is 19.6. The molecular formula is C23H17F2N3O2. The van der Waals surface area contributed by atoms with Crippen LogP contribution >= 0.6 is 0 Å². The molecule has 4 rings (SSSR count). The average Bonchev–Trinajstić information content (AvgIpc) is 2.76. The van der Waals surface area contributed by atoms with E-state index in [1.54, 1.807) is 0 Å². The summed E-state index contributed by atoms with van der Waals surface area (Å²) in [7, 11) is 0. The van der Waals surface area contributed by atoms with Crippen LogP contribution in [0.25, 0.3) is 22.5 Å². The topological polar surface area (TPSA) is 68.0 Å². The number of aromatic nitrogens is 3. The summed E-state index contributed by atoms with van der Waals surface area (Å²) in [4.78, 5) is 16.8. The summed E-state index contributed by atoms with van der Waals surface area (Å²) in [6, 6.07) is 21.2. The van der Waals surface area contributed by atoms with Crippen molar-refractivity contribution in [2.45, 2.75) is 12.6 Å². The lowest BCUT2D eigenvalue weighted by molar-refractivity contribution is 0.144. The molecule has 0 radical (unpaired) electrons. The highest BCUT2D eigenvalue weighted by Crippen LogP contribution is 2.27. The average molecular weight is 405 g/mol. The van der Waals surface area contributed by atoms with Crippen molar-refractivity contribution in [3.8, 4) is 22.5 Å². The number of hydrogen-bond donors (Lipinski definition) is 1. The lowest BCUT2D eigenvalue weighted by Gasteiger charge is -2.15. The van der Waals surface area contributed by atoms with E-state index in [1.807, 2.05) is 60.7 Å². The zero-order valence-electron chi connectivity index (χ0n) is 15.7. The molecule has 0 saturated carbocycles. The van der Waals surface area contributed by atoms with Gasteiger partial charge in [-0.3, -0.25) is 0 Å². The van der Waals surface area contributed by atoms with E-state index in [4.69, 9.17) is 0 Å². The zero-order chi connectivity index (χ0) is 21.1. The maximum atomic E-state index is 14.0. The van der Waals surface area contributed by atoms with E-state index in [0.717, 1.165) is 27.9 Å².